The van der Waals surface area contributed by atoms with Gasteiger partial charge in [0.05, 0.1) is 6.54 Å². The first-order valence-corrected chi connectivity index (χ1v) is 7.40. The highest BCUT2D eigenvalue weighted by molar-refractivity contribution is 6.01. The Balaban J connectivity index is 1.27. The van der Waals surface area contributed by atoms with Crippen LogP contribution in [0.15, 0.2) is 18.2 Å². The number of carbonyl (C=O) groups excluding carboxylic acids is 2. The van der Waals surface area contributed by atoms with Crippen LogP contribution in [0.1, 0.15) is 6.42 Å². The lowest BCUT2D eigenvalue weighted by molar-refractivity contribution is -0.120. The van der Waals surface area contributed by atoms with Crippen molar-refractivity contribution >= 4 is 17.6 Å². The molecule has 1 aromatic carbocycles. The number of benzene rings is 1. The predicted octanol–water partition coefficient (Wildman–Crippen LogP) is 1.02. The number of nitrogens with zero attached hydrogens (tertiary/aromatic N) is 1. The number of hydrogen-bond acceptors (Lipinski definition) is 5. The third-order valence-electron chi connectivity index (χ3n) is 4.31. The molecule has 7 heteroatoms. The average Bonchev–Trinajstić information content (AvgIpc) is 2.88. The van der Waals surface area contributed by atoms with E-state index in [2.05, 4.69) is 15.5 Å². The number of rotatable bonds is 3. The van der Waals surface area contributed by atoms with Crippen molar-refractivity contribution in [3.8, 4) is 11.5 Å². The maximum absolute atomic E-state index is 11.9. The summed E-state index contributed by atoms with van der Waals surface area (Å²) in [5, 5.41) is 4.97. The molecule has 0 spiro atoms. The number of nitrogens with one attached hydrogen (secondary N) is 2. The molecule has 1 saturated heterocycles. The van der Waals surface area contributed by atoms with Gasteiger partial charge in [-0.3, -0.25) is 15.0 Å². The molecular weight excluding hydrogens is 286 g/mol. The van der Waals surface area contributed by atoms with Gasteiger partial charge in [0, 0.05) is 24.8 Å². The van der Waals surface area contributed by atoms with Gasteiger partial charge in [-0.25, -0.2) is 4.79 Å². The number of amides is 3. The Morgan fingerprint density at radius 2 is 1.95 bits per heavy atom. The van der Waals surface area contributed by atoms with Crippen molar-refractivity contribution in [2.75, 3.05) is 31.7 Å². The zero-order valence-electron chi connectivity index (χ0n) is 12.0. The molecule has 22 heavy (non-hydrogen) atoms. The summed E-state index contributed by atoms with van der Waals surface area (Å²) in [6.07, 6.45) is 1.29. The SMILES string of the molecule is O=C(CN1CC2CC2C1)NC(=O)Nc1ccc2c(c1)OCO2. The number of urea groups is 1. The summed E-state index contributed by atoms with van der Waals surface area (Å²) in [6, 6.07) is 4.55. The lowest BCUT2D eigenvalue weighted by Crippen LogP contribution is -2.41. The largest absolute Gasteiger partial charge is 0.454 e. The van der Waals surface area contributed by atoms with E-state index in [1.807, 2.05) is 0 Å². The highest BCUT2D eigenvalue weighted by Gasteiger charge is 2.45. The van der Waals surface area contributed by atoms with Gasteiger partial charge in [-0.15, -0.1) is 0 Å². The van der Waals surface area contributed by atoms with E-state index >= 15 is 0 Å². The molecule has 3 amide bonds. The average molecular weight is 303 g/mol. The first-order chi connectivity index (χ1) is 10.7. The van der Waals surface area contributed by atoms with Gasteiger partial charge < -0.3 is 14.8 Å². The van der Waals surface area contributed by atoms with Crippen LogP contribution in [-0.4, -0.2) is 43.3 Å². The van der Waals surface area contributed by atoms with E-state index in [0.717, 1.165) is 24.9 Å². The van der Waals surface area contributed by atoms with E-state index in [1.54, 1.807) is 18.2 Å². The highest BCUT2D eigenvalue weighted by Crippen LogP contribution is 2.44. The van der Waals surface area contributed by atoms with Crippen LogP contribution in [0.5, 0.6) is 11.5 Å². The molecule has 1 aliphatic carbocycles. The summed E-state index contributed by atoms with van der Waals surface area (Å²) in [4.78, 5) is 25.8. The Morgan fingerprint density at radius 1 is 1.18 bits per heavy atom. The third-order valence-corrected chi connectivity index (χ3v) is 4.31. The van der Waals surface area contributed by atoms with Crippen molar-refractivity contribution in [1.29, 1.82) is 0 Å². The minimum atomic E-state index is -0.534. The van der Waals surface area contributed by atoms with Crippen molar-refractivity contribution in [3.05, 3.63) is 18.2 Å². The van der Waals surface area contributed by atoms with Crippen LogP contribution in [0.4, 0.5) is 10.5 Å². The predicted molar refractivity (Wildman–Crippen MR) is 77.8 cm³/mol. The number of ether oxygens (including phenoxy) is 2. The standard InChI is InChI=1S/C15H17N3O4/c19-14(7-18-5-9-3-10(9)6-18)17-15(20)16-11-1-2-12-13(4-11)22-8-21-12/h1-2,4,9-10H,3,5-8H2,(H2,16,17,19,20). The zero-order chi connectivity index (χ0) is 15.1. The van der Waals surface area contributed by atoms with Crippen LogP contribution in [-0.2, 0) is 4.79 Å². The summed E-state index contributed by atoms with van der Waals surface area (Å²) in [7, 11) is 0. The summed E-state index contributed by atoms with van der Waals surface area (Å²) < 4.78 is 10.4. The molecule has 7 nitrogen and oxygen atoms in total. The van der Waals surface area contributed by atoms with Crippen molar-refractivity contribution in [1.82, 2.24) is 10.2 Å². The molecular formula is C15H17N3O4. The zero-order valence-corrected chi connectivity index (χ0v) is 12.0. The molecule has 0 bridgehead atoms. The summed E-state index contributed by atoms with van der Waals surface area (Å²) >= 11 is 0. The van der Waals surface area contributed by atoms with E-state index in [1.165, 1.54) is 6.42 Å². The molecule has 2 unspecified atom stereocenters. The van der Waals surface area contributed by atoms with Gasteiger partial charge >= 0.3 is 6.03 Å². The Kier molecular flexibility index (Phi) is 3.15. The smallest absolute Gasteiger partial charge is 0.325 e. The fraction of sp³-hybridized carbons (Fsp3) is 0.467. The molecule has 0 aromatic heterocycles. The van der Waals surface area contributed by atoms with Crippen LogP contribution in [0.3, 0.4) is 0 Å². The number of hydrogen-bond donors (Lipinski definition) is 2. The number of likely N-dealkylation sites (tertiary alicyclic amines) is 1. The molecule has 2 heterocycles. The van der Waals surface area contributed by atoms with Gasteiger partial charge in [0.15, 0.2) is 11.5 Å². The van der Waals surface area contributed by atoms with Crippen LogP contribution in [0.25, 0.3) is 0 Å². The molecule has 2 aliphatic heterocycles. The van der Waals surface area contributed by atoms with Crippen LogP contribution in [0, 0.1) is 11.8 Å². The minimum Gasteiger partial charge on any atom is -0.454 e. The van der Waals surface area contributed by atoms with Gasteiger partial charge in [-0.2, -0.15) is 0 Å². The van der Waals surface area contributed by atoms with E-state index in [4.69, 9.17) is 9.47 Å². The third kappa shape index (κ3) is 2.71. The van der Waals surface area contributed by atoms with E-state index in [0.29, 0.717) is 17.2 Å². The first kappa shape index (κ1) is 13.4. The summed E-state index contributed by atoms with van der Waals surface area (Å²) in [6.45, 7) is 2.41. The Hall–Kier alpha value is -2.28. The lowest BCUT2D eigenvalue weighted by atomic mass is 10.3. The van der Waals surface area contributed by atoms with Crippen LogP contribution >= 0.6 is 0 Å². The van der Waals surface area contributed by atoms with E-state index < -0.39 is 6.03 Å². The quantitative estimate of drug-likeness (QED) is 0.871. The molecule has 2 N–H and O–H groups in total. The van der Waals surface area contributed by atoms with Crippen LogP contribution in [0.2, 0.25) is 0 Å². The molecule has 2 fully saturated rings. The Labute approximate surface area is 127 Å². The van der Waals surface area contributed by atoms with Gasteiger partial charge in [-0.1, -0.05) is 0 Å². The number of piperidine rings is 1. The van der Waals surface area contributed by atoms with Gasteiger partial charge in [0.25, 0.3) is 0 Å². The van der Waals surface area contributed by atoms with E-state index in [-0.39, 0.29) is 19.2 Å². The first-order valence-electron chi connectivity index (χ1n) is 7.40. The van der Waals surface area contributed by atoms with Gasteiger partial charge in [0.2, 0.25) is 12.7 Å². The molecule has 2 atom stereocenters. The van der Waals surface area contributed by atoms with Gasteiger partial charge in [0.1, 0.15) is 0 Å². The molecule has 116 valence electrons. The molecule has 0 radical (unpaired) electrons. The van der Waals surface area contributed by atoms with Crippen molar-refractivity contribution in [2.45, 2.75) is 6.42 Å². The number of carbonyl (C=O) groups is 2. The summed E-state index contributed by atoms with van der Waals surface area (Å²) in [5.41, 5.74) is 0.553. The molecule has 3 aliphatic rings. The second-order valence-corrected chi connectivity index (χ2v) is 6.02. The fourth-order valence-corrected chi connectivity index (χ4v) is 3.13. The molecule has 1 aromatic rings. The Bertz CT molecular complexity index is 623. The topological polar surface area (TPSA) is 79.9 Å². The Morgan fingerprint density at radius 3 is 2.77 bits per heavy atom. The van der Waals surface area contributed by atoms with Gasteiger partial charge in [-0.05, 0) is 30.4 Å². The normalized spacial score (nSPS) is 24.7. The number of fused-ring (bicyclic) bond motifs is 2. The fourth-order valence-electron chi connectivity index (χ4n) is 3.13. The van der Waals surface area contributed by atoms with E-state index in [9.17, 15) is 9.59 Å². The molecule has 4 rings (SSSR count). The maximum Gasteiger partial charge on any atom is 0.325 e. The maximum atomic E-state index is 11.9. The summed E-state index contributed by atoms with van der Waals surface area (Å²) in [5.74, 6) is 2.50. The van der Waals surface area contributed by atoms with Crippen molar-refractivity contribution < 1.29 is 19.1 Å². The monoisotopic (exact) mass is 303 g/mol. The second kappa shape index (κ2) is 5.17. The van der Waals surface area contributed by atoms with Crippen LogP contribution < -0.4 is 20.1 Å². The minimum absolute atomic E-state index is 0.182. The number of anilines is 1. The lowest BCUT2D eigenvalue weighted by Gasteiger charge is -2.16. The molecule has 1 saturated carbocycles. The van der Waals surface area contributed by atoms with Crippen molar-refractivity contribution in [2.24, 2.45) is 11.8 Å². The number of imide groups is 1. The van der Waals surface area contributed by atoms with Crippen molar-refractivity contribution in [3.63, 3.8) is 0 Å². The second-order valence-electron chi connectivity index (χ2n) is 6.02. The highest BCUT2D eigenvalue weighted by atomic mass is 16.7.